The average molecular weight is 220 g/mol. The summed E-state index contributed by atoms with van der Waals surface area (Å²) in [6.07, 6.45) is 1.22. The number of carbonyl (C=O) groups is 1. The Morgan fingerprint density at radius 2 is 2.12 bits per heavy atom. The lowest BCUT2D eigenvalue weighted by atomic mass is 10.1. The molecular formula is C14H20O2. The van der Waals surface area contributed by atoms with Crippen molar-refractivity contribution >= 4 is 5.78 Å². The number of rotatable bonds is 6. The summed E-state index contributed by atoms with van der Waals surface area (Å²) in [4.78, 5) is 11.6. The van der Waals surface area contributed by atoms with Crippen LogP contribution in [0.5, 0.6) is 0 Å². The average Bonchev–Trinajstić information content (AvgIpc) is 2.16. The van der Waals surface area contributed by atoms with Gasteiger partial charge in [0.2, 0.25) is 0 Å². The molecule has 1 aromatic carbocycles. The first kappa shape index (κ1) is 12.9. The van der Waals surface area contributed by atoms with Crippen molar-refractivity contribution in [1.29, 1.82) is 0 Å². The van der Waals surface area contributed by atoms with Crippen LogP contribution >= 0.6 is 0 Å². The third kappa shape index (κ3) is 5.08. The third-order valence-electron chi connectivity index (χ3n) is 2.32. The summed E-state index contributed by atoms with van der Waals surface area (Å²) in [5.41, 5.74) is 2.29. The van der Waals surface area contributed by atoms with E-state index in [0.29, 0.717) is 19.4 Å². The van der Waals surface area contributed by atoms with Crippen LogP contribution in [-0.4, -0.2) is 18.5 Å². The number of ether oxygens (including phenoxy) is 1. The lowest BCUT2D eigenvalue weighted by molar-refractivity contribution is -0.119. The zero-order valence-electron chi connectivity index (χ0n) is 10.3. The molecule has 0 aliphatic rings. The van der Waals surface area contributed by atoms with E-state index in [9.17, 15) is 4.79 Å². The van der Waals surface area contributed by atoms with Gasteiger partial charge < -0.3 is 4.74 Å². The van der Waals surface area contributed by atoms with E-state index in [1.807, 2.05) is 39.0 Å². The van der Waals surface area contributed by atoms with Gasteiger partial charge in [-0.3, -0.25) is 4.79 Å². The van der Waals surface area contributed by atoms with E-state index in [1.54, 1.807) is 0 Å². The summed E-state index contributed by atoms with van der Waals surface area (Å²) in [6, 6.07) is 8.08. The molecule has 1 rings (SSSR count). The van der Waals surface area contributed by atoms with E-state index in [2.05, 4.69) is 6.07 Å². The highest BCUT2D eigenvalue weighted by molar-refractivity contribution is 5.80. The fourth-order valence-electron chi connectivity index (χ4n) is 1.55. The van der Waals surface area contributed by atoms with Crippen molar-refractivity contribution in [3.05, 3.63) is 35.4 Å². The number of hydrogen-bond acceptors (Lipinski definition) is 2. The molecule has 0 bridgehead atoms. The van der Waals surface area contributed by atoms with Crippen molar-refractivity contribution in [1.82, 2.24) is 0 Å². The van der Waals surface area contributed by atoms with Crippen LogP contribution in [0.4, 0.5) is 0 Å². The van der Waals surface area contributed by atoms with Crippen LogP contribution in [-0.2, 0) is 16.0 Å². The van der Waals surface area contributed by atoms with E-state index < -0.39 is 0 Å². The van der Waals surface area contributed by atoms with Gasteiger partial charge in [-0.15, -0.1) is 0 Å². The van der Waals surface area contributed by atoms with Gasteiger partial charge in [-0.1, -0.05) is 29.8 Å². The fraction of sp³-hybridized carbons (Fsp3) is 0.500. The van der Waals surface area contributed by atoms with Crippen molar-refractivity contribution in [2.75, 3.05) is 6.61 Å². The number of benzene rings is 1. The Hall–Kier alpha value is -1.15. The molecule has 0 spiro atoms. The van der Waals surface area contributed by atoms with Gasteiger partial charge >= 0.3 is 0 Å². The Kier molecular flexibility index (Phi) is 5.20. The molecule has 16 heavy (non-hydrogen) atoms. The van der Waals surface area contributed by atoms with Crippen molar-refractivity contribution < 1.29 is 9.53 Å². The first-order chi connectivity index (χ1) is 7.58. The molecule has 0 N–H and O–H groups in total. The molecule has 0 atom stereocenters. The summed E-state index contributed by atoms with van der Waals surface area (Å²) >= 11 is 0. The molecule has 0 radical (unpaired) electrons. The summed E-state index contributed by atoms with van der Waals surface area (Å²) in [5.74, 6) is 0.242. The molecular weight excluding hydrogens is 200 g/mol. The number of ketones is 1. The van der Waals surface area contributed by atoms with E-state index in [1.165, 1.54) is 5.56 Å². The van der Waals surface area contributed by atoms with Crippen LogP contribution < -0.4 is 0 Å². The SMILES string of the molecule is Cc1cccc(CC(=O)CCOC(C)C)c1. The Balaban J connectivity index is 2.34. The highest BCUT2D eigenvalue weighted by Crippen LogP contribution is 2.06. The van der Waals surface area contributed by atoms with Gasteiger partial charge in [-0.25, -0.2) is 0 Å². The molecule has 2 heteroatoms. The highest BCUT2D eigenvalue weighted by Gasteiger charge is 2.04. The smallest absolute Gasteiger partial charge is 0.139 e. The van der Waals surface area contributed by atoms with Crippen LogP contribution in [0.25, 0.3) is 0 Å². The minimum Gasteiger partial charge on any atom is -0.378 e. The number of aryl methyl sites for hydroxylation is 1. The maximum atomic E-state index is 11.6. The van der Waals surface area contributed by atoms with Gasteiger partial charge in [0.25, 0.3) is 0 Å². The third-order valence-corrected chi connectivity index (χ3v) is 2.32. The summed E-state index contributed by atoms with van der Waals surface area (Å²) in [6.45, 7) is 6.52. The number of Topliss-reactive ketones (excluding diaryl/α,β-unsaturated/α-hetero) is 1. The van der Waals surface area contributed by atoms with E-state index in [0.717, 1.165) is 5.56 Å². The van der Waals surface area contributed by atoms with Crippen molar-refractivity contribution in [3.63, 3.8) is 0 Å². The maximum absolute atomic E-state index is 11.6. The Morgan fingerprint density at radius 3 is 2.75 bits per heavy atom. The fourth-order valence-corrected chi connectivity index (χ4v) is 1.55. The lowest BCUT2D eigenvalue weighted by Crippen LogP contribution is -2.10. The second-order valence-corrected chi connectivity index (χ2v) is 4.37. The van der Waals surface area contributed by atoms with Gasteiger partial charge in [0, 0.05) is 12.8 Å². The van der Waals surface area contributed by atoms with Crippen molar-refractivity contribution in [2.45, 2.75) is 39.7 Å². The molecule has 0 aliphatic heterocycles. The molecule has 0 saturated heterocycles. The zero-order valence-corrected chi connectivity index (χ0v) is 10.3. The van der Waals surface area contributed by atoms with Gasteiger partial charge in [0.05, 0.1) is 12.7 Å². The zero-order chi connectivity index (χ0) is 12.0. The lowest BCUT2D eigenvalue weighted by Gasteiger charge is -2.06. The van der Waals surface area contributed by atoms with E-state index in [4.69, 9.17) is 4.74 Å². The Labute approximate surface area is 97.6 Å². The molecule has 0 amide bonds. The maximum Gasteiger partial charge on any atom is 0.139 e. The first-order valence-electron chi connectivity index (χ1n) is 5.77. The van der Waals surface area contributed by atoms with Crippen molar-refractivity contribution in [2.24, 2.45) is 0 Å². The minimum absolute atomic E-state index is 0.201. The molecule has 0 aromatic heterocycles. The molecule has 2 nitrogen and oxygen atoms in total. The van der Waals surface area contributed by atoms with E-state index >= 15 is 0 Å². The summed E-state index contributed by atoms with van der Waals surface area (Å²) in [7, 11) is 0. The Morgan fingerprint density at radius 1 is 1.38 bits per heavy atom. The van der Waals surface area contributed by atoms with Gasteiger partial charge in [0.1, 0.15) is 5.78 Å². The van der Waals surface area contributed by atoms with Gasteiger partial charge in [-0.05, 0) is 26.3 Å². The monoisotopic (exact) mass is 220 g/mol. The molecule has 0 unspecified atom stereocenters. The van der Waals surface area contributed by atoms with Crippen LogP contribution in [0.2, 0.25) is 0 Å². The molecule has 0 aliphatic carbocycles. The number of hydrogen-bond donors (Lipinski definition) is 0. The molecule has 0 heterocycles. The predicted octanol–water partition coefficient (Wildman–Crippen LogP) is 2.92. The standard InChI is InChI=1S/C14H20O2/c1-11(2)16-8-7-14(15)10-13-6-4-5-12(3)9-13/h4-6,9,11H,7-8,10H2,1-3H3. The molecule has 1 aromatic rings. The highest BCUT2D eigenvalue weighted by atomic mass is 16.5. The number of carbonyl (C=O) groups excluding carboxylic acids is 1. The molecule has 88 valence electrons. The predicted molar refractivity (Wildman–Crippen MR) is 65.6 cm³/mol. The van der Waals surface area contributed by atoms with E-state index in [-0.39, 0.29) is 11.9 Å². The normalized spacial score (nSPS) is 10.8. The largest absolute Gasteiger partial charge is 0.378 e. The second-order valence-electron chi connectivity index (χ2n) is 4.37. The van der Waals surface area contributed by atoms with Crippen LogP contribution in [0.1, 0.15) is 31.4 Å². The quantitative estimate of drug-likeness (QED) is 0.736. The van der Waals surface area contributed by atoms with Crippen LogP contribution in [0, 0.1) is 6.92 Å². The Bertz CT molecular complexity index is 342. The molecule has 0 fully saturated rings. The molecule has 0 saturated carbocycles. The summed E-state index contributed by atoms with van der Waals surface area (Å²) < 4.78 is 5.35. The van der Waals surface area contributed by atoms with Gasteiger partial charge in [0.15, 0.2) is 0 Å². The topological polar surface area (TPSA) is 26.3 Å². The van der Waals surface area contributed by atoms with Crippen LogP contribution in [0.3, 0.4) is 0 Å². The van der Waals surface area contributed by atoms with Crippen molar-refractivity contribution in [3.8, 4) is 0 Å². The summed E-state index contributed by atoms with van der Waals surface area (Å²) in [5, 5.41) is 0. The van der Waals surface area contributed by atoms with Gasteiger partial charge in [-0.2, -0.15) is 0 Å². The minimum atomic E-state index is 0.201. The van der Waals surface area contributed by atoms with Crippen LogP contribution in [0.15, 0.2) is 24.3 Å². The first-order valence-corrected chi connectivity index (χ1v) is 5.77. The second kappa shape index (κ2) is 6.44.